The quantitative estimate of drug-likeness (QED) is 0.517. The van der Waals surface area contributed by atoms with Crippen molar-refractivity contribution in [2.45, 2.75) is 6.54 Å². The second-order valence-electron chi connectivity index (χ2n) is 5.30. The van der Waals surface area contributed by atoms with E-state index in [-0.39, 0.29) is 18.4 Å². The second-order valence-corrected chi connectivity index (χ2v) is 5.30. The number of guanidine groups is 1. The molecule has 26 heavy (non-hydrogen) atoms. The SMILES string of the molecule is COc1ccc(CN=C(N)NCC(=O)Nc2cccc(F)c2)cc1OC. The standard InChI is InChI=1S/C18H21FN4O3/c1-25-15-7-6-12(8-16(15)26-2)10-21-18(20)22-11-17(24)23-14-5-3-4-13(19)9-14/h3-9H,10-11H2,1-2H3,(H,23,24)(H3,20,21,22). The third kappa shape index (κ3) is 5.66. The molecule has 0 radical (unpaired) electrons. The molecule has 0 bridgehead atoms. The fourth-order valence-corrected chi connectivity index (χ4v) is 2.15. The van der Waals surface area contributed by atoms with Crippen LogP contribution in [0.15, 0.2) is 47.5 Å². The predicted octanol–water partition coefficient (Wildman–Crippen LogP) is 1.89. The molecule has 0 spiro atoms. The Kier molecular flexibility index (Phi) is 6.78. The van der Waals surface area contributed by atoms with Crippen LogP contribution in [0.5, 0.6) is 11.5 Å². The zero-order chi connectivity index (χ0) is 18.9. The van der Waals surface area contributed by atoms with E-state index in [1.165, 1.54) is 18.2 Å². The molecule has 0 aliphatic carbocycles. The summed E-state index contributed by atoms with van der Waals surface area (Å²) in [5.41, 5.74) is 7.00. The smallest absolute Gasteiger partial charge is 0.243 e. The number of halogens is 1. The number of hydrogen-bond acceptors (Lipinski definition) is 4. The lowest BCUT2D eigenvalue weighted by atomic mass is 10.2. The number of carbonyl (C=O) groups excluding carboxylic acids is 1. The molecule has 7 nitrogen and oxygen atoms in total. The molecule has 0 saturated carbocycles. The van der Waals surface area contributed by atoms with E-state index in [0.717, 1.165) is 5.56 Å². The van der Waals surface area contributed by atoms with Gasteiger partial charge in [-0.15, -0.1) is 0 Å². The Morgan fingerprint density at radius 2 is 1.92 bits per heavy atom. The first-order valence-corrected chi connectivity index (χ1v) is 7.82. The molecule has 0 aliphatic rings. The van der Waals surface area contributed by atoms with Crippen LogP contribution in [0.25, 0.3) is 0 Å². The van der Waals surface area contributed by atoms with Crippen molar-refractivity contribution in [2.24, 2.45) is 10.7 Å². The van der Waals surface area contributed by atoms with Crippen LogP contribution in [0.3, 0.4) is 0 Å². The highest BCUT2D eigenvalue weighted by Crippen LogP contribution is 2.27. The topological polar surface area (TPSA) is 98.0 Å². The van der Waals surface area contributed by atoms with Crippen LogP contribution in [0.4, 0.5) is 10.1 Å². The lowest BCUT2D eigenvalue weighted by Crippen LogP contribution is -2.37. The summed E-state index contributed by atoms with van der Waals surface area (Å²) in [4.78, 5) is 16.0. The van der Waals surface area contributed by atoms with E-state index in [4.69, 9.17) is 15.2 Å². The normalized spacial score (nSPS) is 11.0. The predicted molar refractivity (Wildman–Crippen MR) is 97.9 cm³/mol. The summed E-state index contributed by atoms with van der Waals surface area (Å²) in [6.07, 6.45) is 0. The summed E-state index contributed by atoms with van der Waals surface area (Å²) in [7, 11) is 3.12. The fraction of sp³-hybridized carbons (Fsp3) is 0.222. The van der Waals surface area contributed by atoms with Crippen LogP contribution in [-0.2, 0) is 11.3 Å². The zero-order valence-electron chi connectivity index (χ0n) is 14.6. The van der Waals surface area contributed by atoms with Crippen LogP contribution < -0.4 is 25.8 Å². The van der Waals surface area contributed by atoms with Crippen molar-refractivity contribution in [1.82, 2.24) is 5.32 Å². The van der Waals surface area contributed by atoms with Crippen molar-refractivity contribution in [3.8, 4) is 11.5 Å². The largest absolute Gasteiger partial charge is 0.493 e. The minimum atomic E-state index is -0.424. The highest BCUT2D eigenvalue weighted by atomic mass is 19.1. The van der Waals surface area contributed by atoms with Crippen molar-refractivity contribution in [2.75, 3.05) is 26.1 Å². The summed E-state index contributed by atoms with van der Waals surface area (Å²) in [5.74, 6) is 0.558. The lowest BCUT2D eigenvalue weighted by molar-refractivity contribution is -0.115. The van der Waals surface area contributed by atoms with E-state index < -0.39 is 5.82 Å². The Balaban J connectivity index is 1.85. The lowest BCUT2D eigenvalue weighted by Gasteiger charge is -2.09. The Hall–Kier alpha value is -3.29. The average molecular weight is 360 g/mol. The van der Waals surface area contributed by atoms with Gasteiger partial charge in [-0.2, -0.15) is 0 Å². The van der Waals surface area contributed by atoms with Crippen LogP contribution in [-0.4, -0.2) is 32.6 Å². The first-order chi connectivity index (χ1) is 12.5. The van der Waals surface area contributed by atoms with Gasteiger partial charge in [0.05, 0.1) is 27.3 Å². The highest BCUT2D eigenvalue weighted by molar-refractivity contribution is 5.94. The summed E-state index contributed by atoms with van der Waals surface area (Å²) in [5, 5.41) is 5.26. The van der Waals surface area contributed by atoms with Crippen LogP contribution >= 0.6 is 0 Å². The Morgan fingerprint density at radius 3 is 2.62 bits per heavy atom. The molecule has 4 N–H and O–H groups in total. The van der Waals surface area contributed by atoms with Crippen molar-refractivity contribution in [3.05, 3.63) is 53.8 Å². The van der Waals surface area contributed by atoms with E-state index in [0.29, 0.717) is 23.7 Å². The van der Waals surface area contributed by atoms with E-state index in [1.807, 2.05) is 6.07 Å². The molecule has 8 heteroatoms. The molecule has 2 aromatic carbocycles. The maximum absolute atomic E-state index is 13.1. The van der Waals surface area contributed by atoms with E-state index >= 15 is 0 Å². The number of benzene rings is 2. The third-order valence-corrected chi connectivity index (χ3v) is 3.42. The summed E-state index contributed by atoms with van der Waals surface area (Å²) in [6.45, 7) is 0.225. The monoisotopic (exact) mass is 360 g/mol. The van der Waals surface area contributed by atoms with Crippen LogP contribution in [0.2, 0.25) is 0 Å². The maximum atomic E-state index is 13.1. The number of ether oxygens (including phenoxy) is 2. The van der Waals surface area contributed by atoms with E-state index in [1.54, 1.807) is 32.4 Å². The number of nitrogens with zero attached hydrogens (tertiary/aromatic N) is 1. The van der Waals surface area contributed by atoms with E-state index in [9.17, 15) is 9.18 Å². The van der Waals surface area contributed by atoms with Crippen LogP contribution in [0.1, 0.15) is 5.56 Å². The van der Waals surface area contributed by atoms with Gasteiger partial charge in [0.2, 0.25) is 5.91 Å². The van der Waals surface area contributed by atoms with Gasteiger partial charge in [-0.1, -0.05) is 12.1 Å². The van der Waals surface area contributed by atoms with Gasteiger partial charge >= 0.3 is 0 Å². The number of anilines is 1. The molecule has 138 valence electrons. The molecule has 0 aliphatic heterocycles. The number of rotatable bonds is 7. The van der Waals surface area contributed by atoms with Crippen LogP contribution in [0, 0.1) is 5.82 Å². The minimum absolute atomic E-state index is 0.0855. The molecular formula is C18H21FN4O3. The van der Waals surface area contributed by atoms with Crippen molar-refractivity contribution >= 4 is 17.6 Å². The molecule has 0 fully saturated rings. The number of nitrogens with one attached hydrogen (secondary N) is 2. The molecule has 0 saturated heterocycles. The third-order valence-electron chi connectivity index (χ3n) is 3.42. The zero-order valence-corrected chi connectivity index (χ0v) is 14.6. The second kappa shape index (κ2) is 9.26. The van der Waals surface area contributed by atoms with Gasteiger partial charge in [0, 0.05) is 5.69 Å². The van der Waals surface area contributed by atoms with Gasteiger partial charge in [-0.3, -0.25) is 4.79 Å². The minimum Gasteiger partial charge on any atom is -0.493 e. The number of amides is 1. The number of carbonyl (C=O) groups is 1. The molecule has 0 aromatic heterocycles. The van der Waals surface area contributed by atoms with Crippen molar-refractivity contribution in [1.29, 1.82) is 0 Å². The van der Waals surface area contributed by atoms with Gasteiger partial charge < -0.3 is 25.8 Å². The highest BCUT2D eigenvalue weighted by Gasteiger charge is 2.05. The molecule has 0 atom stereocenters. The summed E-state index contributed by atoms with van der Waals surface area (Å²) >= 11 is 0. The van der Waals surface area contributed by atoms with Gasteiger partial charge in [0.1, 0.15) is 5.82 Å². The Labute approximate surface area is 151 Å². The van der Waals surface area contributed by atoms with Gasteiger partial charge in [0.25, 0.3) is 0 Å². The molecule has 2 rings (SSSR count). The molecule has 0 unspecified atom stereocenters. The average Bonchev–Trinajstić information content (AvgIpc) is 2.64. The number of nitrogens with two attached hydrogens (primary N) is 1. The molecule has 0 heterocycles. The van der Waals surface area contributed by atoms with E-state index in [2.05, 4.69) is 15.6 Å². The first kappa shape index (κ1) is 19.0. The number of hydrogen-bond donors (Lipinski definition) is 3. The first-order valence-electron chi connectivity index (χ1n) is 7.82. The Bertz CT molecular complexity index is 796. The molecular weight excluding hydrogens is 339 g/mol. The van der Waals surface area contributed by atoms with Crippen molar-refractivity contribution in [3.63, 3.8) is 0 Å². The van der Waals surface area contributed by atoms with Gasteiger partial charge in [0.15, 0.2) is 17.5 Å². The van der Waals surface area contributed by atoms with Gasteiger partial charge in [-0.05, 0) is 35.9 Å². The molecule has 2 aromatic rings. The Morgan fingerprint density at radius 1 is 1.15 bits per heavy atom. The summed E-state index contributed by atoms with van der Waals surface area (Å²) < 4.78 is 23.5. The van der Waals surface area contributed by atoms with Crippen molar-refractivity contribution < 1.29 is 18.7 Å². The molecule has 1 amide bonds. The fourth-order valence-electron chi connectivity index (χ4n) is 2.15. The number of methoxy groups -OCH3 is 2. The maximum Gasteiger partial charge on any atom is 0.243 e. The van der Waals surface area contributed by atoms with Gasteiger partial charge in [-0.25, -0.2) is 9.38 Å². The number of aliphatic imine (C=N–C) groups is 1. The summed E-state index contributed by atoms with van der Waals surface area (Å²) in [6, 6.07) is 11.0.